The zero-order valence-corrected chi connectivity index (χ0v) is 10.7. The lowest BCUT2D eigenvalue weighted by Crippen LogP contribution is -2.67. The summed E-state index contributed by atoms with van der Waals surface area (Å²) in [5, 5.41) is 0.976. The standard InChI is InChI=1S/C11H15F6NO2/c1-2-9(10(12,13)14,11(15,16)17)18-8(19)20-7-5-3-4-6-7/h7H,2-6H2,1H3,(H,18,19). The number of nitrogens with one attached hydrogen (secondary N) is 1. The van der Waals surface area contributed by atoms with Gasteiger partial charge >= 0.3 is 18.4 Å². The topological polar surface area (TPSA) is 38.3 Å². The van der Waals surface area contributed by atoms with Crippen molar-refractivity contribution in [1.29, 1.82) is 0 Å². The SMILES string of the molecule is CCC(NC(=O)OC1CCCC1)(C(F)(F)F)C(F)(F)F. The summed E-state index contributed by atoms with van der Waals surface area (Å²) in [7, 11) is 0. The molecule has 0 aromatic heterocycles. The lowest BCUT2D eigenvalue weighted by Gasteiger charge is -2.36. The molecule has 0 aromatic rings. The number of hydrogen-bond acceptors (Lipinski definition) is 2. The van der Waals surface area contributed by atoms with Crippen molar-refractivity contribution in [2.24, 2.45) is 0 Å². The fraction of sp³-hybridized carbons (Fsp3) is 0.909. The Balaban J connectivity index is 2.86. The van der Waals surface area contributed by atoms with Gasteiger partial charge < -0.3 is 4.74 Å². The van der Waals surface area contributed by atoms with Crippen molar-refractivity contribution in [3.05, 3.63) is 0 Å². The van der Waals surface area contributed by atoms with Crippen LogP contribution in [0.5, 0.6) is 0 Å². The Labute approximate surface area is 111 Å². The van der Waals surface area contributed by atoms with Gasteiger partial charge in [0, 0.05) is 0 Å². The van der Waals surface area contributed by atoms with Crippen molar-refractivity contribution in [2.75, 3.05) is 0 Å². The molecule has 1 fully saturated rings. The predicted molar refractivity (Wildman–Crippen MR) is 57.0 cm³/mol. The zero-order chi connectivity index (χ0) is 15.6. The lowest BCUT2D eigenvalue weighted by molar-refractivity contribution is -0.305. The van der Waals surface area contributed by atoms with Gasteiger partial charge in [-0.1, -0.05) is 6.92 Å². The summed E-state index contributed by atoms with van der Waals surface area (Å²) in [6.45, 7) is 0.705. The number of carbonyl (C=O) groups excluding carboxylic acids is 1. The number of carbonyl (C=O) groups is 1. The van der Waals surface area contributed by atoms with Crippen molar-refractivity contribution in [1.82, 2.24) is 5.32 Å². The quantitative estimate of drug-likeness (QED) is 0.802. The van der Waals surface area contributed by atoms with Gasteiger partial charge in [0.05, 0.1) is 0 Å². The third kappa shape index (κ3) is 3.29. The van der Waals surface area contributed by atoms with Gasteiger partial charge in [-0.2, -0.15) is 26.3 Å². The molecule has 0 aromatic carbocycles. The molecule has 9 heteroatoms. The van der Waals surface area contributed by atoms with Gasteiger partial charge in [-0.25, -0.2) is 4.79 Å². The number of alkyl carbamates (subject to hydrolysis) is 1. The van der Waals surface area contributed by atoms with Crippen LogP contribution in [0.15, 0.2) is 0 Å². The molecule has 0 atom stereocenters. The van der Waals surface area contributed by atoms with E-state index in [0.717, 1.165) is 18.2 Å². The highest BCUT2D eigenvalue weighted by Crippen LogP contribution is 2.45. The molecule has 0 saturated heterocycles. The maximum absolute atomic E-state index is 12.8. The van der Waals surface area contributed by atoms with E-state index < -0.39 is 36.5 Å². The average Bonchev–Trinajstić information content (AvgIpc) is 2.74. The number of alkyl halides is 6. The van der Waals surface area contributed by atoms with Crippen LogP contribution in [0.4, 0.5) is 31.1 Å². The van der Waals surface area contributed by atoms with Crippen molar-refractivity contribution in [3.8, 4) is 0 Å². The van der Waals surface area contributed by atoms with E-state index in [9.17, 15) is 31.1 Å². The molecule has 0 heterocycles. The van der Waals surface area contributed by atoms with E-state index in [2.05, 4.69) is 4.74 Å². The number of ether oxygens (including phenoxy) is 1. The van der Waals surface area contributed by atoms with Gasteiger partial charge in [-0.3, -0.25) is 5.32 Å². The maximum atomic E-state index is 12.8. The third-order valence-electron chi connectivity index (χ3n) is 3.39. The first-order valence-electron chi connectivity index (χ1n) is 6.16. The molecule has 0 aliphatic heterocycles. The second kappa shape index (κ2) is 5.69. The molecule has 0 radical (unpaired) electrons. The summed E-state index contributed by atoms with van der Waals surface area (Å²) in [5.41, 5.74) is -4.28. The molecule has 1 rings (SSSR count). The molecular weight excluding hydrogens is 292 g/mol. The fourth-order valence-corrected chi connectivity index (χ4v) is 2.15. The van der Waals surface area contributed by atoms with E-state index in [1.165, 1.54) is 0 Å². The van der Waals surface area contributed by atoms with E-state index in [1.807, 2.05) is 0 Å². The monoisotopic (exact) mass is 307 g/mol. The first-order valence-corrected chi connectivity index (χ1v) is 6.16. The highest BCUT2D eigenvalue weighted by Gasteiger charge is 2.71. The molecule has 0 unspecified atom stereocenters. The Bertz CT molecular complexity index is 332. The second-order valence-electron chi connectivity index (χ2n) is 4.69. The molecule has 1 N–H and O–H groups in total. The highest BCUT2D eigenvalue weighted by atomic mass is 19.4. The Morgan fingerprint density at radius 1 is 1.10 bits per heavy atom. The number of hydrogen-bond donors (Lipinski definition) is 1. The van der Waals surface area contributed by atoms with Gasteiger partial charge in [0.1, 0.15) is 6.10 Å². The van der Waals surface area contributed by atoms with Crippen molar-refractivity contribution >= 4 is 6.09 Å². The molecule has 1 aliphatic carbocycles. The van der Waals surface area contributed by atoms with Gasteiger partial charge in [-0.15, -0.1) is 0 Å². The predicted octanol–water partition coefficient (Wildman–Crippen LogP) is 3.93. The molecule has 3 nitrogen and oxygen atoms in total. The van der Waals surface area contributed by atoms with E-state index in [0.29, 0.717) is 19.8 Å². The van der Waals surface area contributed by atoms with Crippen LogP contribution in [0.2, 0.25) is 0 Å². The van der Waals surface area contributed by atoms with Crippen molar-refractivity contribution in [2.45, 2.75) is 63.0 Å². The van der Waals surface area contributed by atoms with Gasteiger partial charge in [-0.05, 0) is 32.1 Å². The Kier molecular flexibility index (Phi) is 4.81. The van der Waals surface area contributed by atoms with Crippen LogP contribution < -0.4 is 5.32 Å². The van der Waals surface area contributed by atoms with E-state index in [1.54, 1.807) is 0 Å². The molecule has 1 saturated carbocycles. The lowest BCUT2D eigenvalue weighted by atomic mass is 9.94. The summed E-state index contributed by atoms with van der Waals surface area (Å²) in [6, 6.07) is 0. The highest BCUT2D eigenvalue weighted by molar-refractivity contribution is 5.69. The van der Waals surface area contributed by atoms with Crippen LogP contribution in [0.25, 0.3) is 0 Å². The van der Waals surface area contributed by atoms with Crippen molar-refractivity contribution < 1.29 is 35.9 Å². The Hall–Kier alpha value is -1.15. The van der Waals surface area contributed by atoms with E-state index in [-0.39, 0.29) is 0 Å². The summed E-state index contributed by atoms with van der Waals surface area (Å²) in [6.07, 6.45) is -12.6. The first kappa shape index (κ1) is 16.9. The van der Waals surface area contributed by atoms with Crippen LogP contribution in [0.1, 0.15) is 39.0 Å². The zero-order valence-electron chi connectivity index (χ0n) is 10.7. The minimum atomic E-state index is -5.66. The van der Waals surface area contributed by atoms with Crippen molar-refractivity contribution in [3.63, 3.8) is 0 Å². The van der Waals surface area contributed by atoms with Crippen LogP contribution >= 0.6 is 0 Å². The summed E-state index contributed by atoms with van der Waals surface area (Å²) in [4.78, 5) is 11.3. The Morgan fingerprint density at radius 2 is 1.55 bits per heavy atom. The molecule has 1 amide bonds. The summed E-state index contributed by atoms with van der Waals surface area (Å²) in [5.74, 6) is 0. The van der Waals surface area contributed by atoms with Gasteiger partial charge in [0.2, 0.25) is 5.54 Å². The van der Waals surface area contributed by atoms with Gasteiger partial charge in [0.15, 0.2) is 0 Å². The summed E-state index contributed by atoms with van der Waals surface area (Å²) >= 11 is 0. The van der Waals surface area contributed by atoms with E-state index in [4.69, 9.17) is 0 Å². The Morgan fingerprint density at radius 3 is 1.90 bits per heavy atom. The molecule has 20 heavy (non-hydrogen) atoms. The number of rotatable bonds is 3. The number of amides is 1. The molecule has 118 valence electrons. The number of halogens is 6. The second-order valence-corrected chi connectivity index (χ2v) is 4.69. The molecule has 1 aliphatic rings. The van der Waals surface area contributed by atoms with E-state index >= 15 is 0 Å². The average molecular weight is 307 g/mol. The van der Waals surface area contributed by atoms with Crippen LogP contribution in [-0.4, -0.2) is 30.1 Å². The minimum absolute atomic E-state index is 0.449. The third-order valence-corrected chi connectivity index (χ3v) is 3.39. The normalized spacial score (nSPS) is 18.1. The summed E-state index contributed by atoms with van der Waals surface area (Å²) < 4.78 is 81.1. The molecular formula is C11H15F6NO2. The maximum Gasteiger partial charge on any atom is 0.420 e. The van der Waals surface area contributed by atoms with Crippen LogP contribution in [-0.2, 0) is 4.74 Å². The van der Waals surface area contributed by atoms with Gasteiger partial charge in [0.25, 0.3) is 0 Å². The van der Waals surface area contributed by atoms with Crippen LogP contribution in [0.3, 0.4) is 0 Å². The largest absolute Gasteiger partial charge is 0.446 e. The molecule has 0 bridgehead atoms. The van der Waals surface area contributed by atoms with Crippen LogP contribution in [0, 0.1) is 0 Å². The fourth-order valence-electron chi connectivity index (χ4n) is 2.15. The smallest absolute Gasteiger partial charge is 0.420 e. The minimum Gasteiger partial charge on any atom is -0.446 e. The first-order chi connectivity index (χ1) is 9.03. The molecule has 0 spiro atoms.